The largest absolute Gasteiger partial charge is 0.474 e. The van der Waals surface area contributed by atoms with E-state index in [1.54, 1.807) is 12.4 Å². The molecule has 1 fully saturated rings. The fraction of sp³-hybridized carbons (Fsp3) is 0.737. The van der Waals surface area contributed by atoms with Crippen LogP contribution in [0.2, 0.25) is 0 Å². The highest BCUT2D eigenvalue weighted by Gasteiger charge is 2.43. The summed E-state index contributed by atoms with van der Waals surface area (Å²) in [7, 11) is 1.51. The van der Waals surface area contributed by atoms with Gasteiger partial charge in [0.2, 0.25) is 0 Å². The van der Waals surface area contributed by atoms with Crippen LogP contribution >= 0.6 is 0 Å². The standard InChI is InChI=1S/C19H31N3O3/c1-13(2)15-7-9-22(10-8-15)17(23)19(5,14(3)4)25-16-11-20-18(24-6)21-12-16/h11-15H,7-10H2,1-6H3. The Morgan fingerprint density at radius 3 is 2.20 bits per heavy atom. The van der Waals surface area contributed by atoms with E-state index in [2.05, 4.69) is 23.8 Å². The molecule has 1 amide bonds. The van der Waals surface area contributed by atoms with Gasteiger partial charge >= 0.3 is 6.01 Å². The number of nitrogens with zero attached hydrogens (tertiary/aromatic N) is 3. The van der Waals surface area contributed by atoms with Gasteiger partial charge in [-0.25, -0.2) is 0 Å². The monoisotopic (exact) mass is 349 g/mol. The number of carbonyl (C=O) groups is 1. The highest BCUT2D eigenvalue weighted by molar-refractivity contribution is 5.85. The molecular formula is C19H31N3O3. The summed E-state index contributed by atoms with van der Waals surface area (Å²) < 4.78 is 11.0. The molecular weight excluding hydrogens is 318 g/mol. The van der Waals surface area contributed by atoms with Crippen LogP contribution in [0.5, 0.6) is 11.8 Å². The lowest BCUT2D eigenvalue weighted by atomic mass is 9.85. The molecule has 0 aromatic carbocycles. The van der Waals surface area contributed by atoms with Crippen molar-refractivity contribution in [1.29, 1.82) is 0 Å². The molecule has 0 N–H and O–H groups in total. The van der Waals surface area contributed by atoms with Crippen molar-refractivity contribution >= 4 is 5.91 Å². The van der Waals surface area contributed by atoms with E-state index in [1.165, 1.54) is 7.11 Å². The molecule has 1 saturated heterocycles. The van der Waals surface area contributed by atoms with Gasteiger partial charge in [-0.2, -0.15) is 9.97 Å². The molecule has 0 aliphatic carbocycles. The Morgan fingerprint density at radius 2 is 1.76 bits per heavy atom. The van der Waals surface area contributed by atoms with E-state index in [-0.39, 0.29) is 17.8 Å². The van der Waals surface area contributed by atoms with Crippen LogP contribution in [-0.2, 0) is 4.79 Å². The molecule has 140 valence electrons. The number of likely N-dealkylation sites (tertiary alicyclic amines) is 1. The molecule has 0 saturated carbocycles. The van der Waals surface area contributed by atoms with Crippen LogP contribution < -0.4 is 9.47 Å². The van der Waals surface area contributed by atoms with Crippen LogP contribution in [0.3, 0.4) is 0 Å². The molecule has 1 aromatic heterocycles. The number of methoxy groups -OCH3 is 1. The van der Waals surface area contributed by atoms with Gasteiger partial charge in [-0.1, -0.05) is 27.7 Å². The molecule has 1 aliphatic heterocycles. The van der Waals surface area contributed by atoms with Crippen molar-refractivity contribution in [3.63, 3.8) is 0 Å². The normalized spacial score (nSPS) is 18.3. The van der Waals surface area contributed by atoms with E-state index in [9.17, 15) is 4.79 Å². The summed E-state index contributed by atoms with van der Waals surface area (Å²) in [4.78, 5) is 23.3. The van der Waals surface area contributed by atoms with Gasteiger partial charge in [0.1, 0.15) is 0 Å². The first-order valence-corrected chi connectivity index (χ1v) is 9.12. The van der Waals surface area contributed by atoms with Crippen LogP contribution in [0.15, 0.2) is 12.4 Å². The van der Waals surface area contributed by atoms with Crippen molar-refractivity contribution in [3.05, 3.63) is 12.4 Å². The lowest BCUT2D eigenvalue weighted by Gasteiger charge is -2.41. The zero-order valence-corrected chi connectivity index (χ0v) is 16.3. The van der Waals surface area contributed by atoms with Gasteiger partial charge in [0, 0.05) is 19.0 Å². The second-order valence-corrected chi connectivity index (χ2v) is 7.64. The third-order valence-corrected chi connectivity index (χ3v) is 5.41. The van der Waals surface area contributed by atoms with Crippen molar-refractivity contribution in [2.45, 2.75) is 53.1 Å². The maximum atomic E-state index is 13.2. The van der Waals surface area contributed by atoms with Gasteiger partial charge in [0.05, 0.1) is 19.5 Å². The van der Waals surface area contributed by atoms with Crippen molar-refractivity contribution < 1.29 is 14.3 Å². The predicted octanol–water partition coefficient (Wildman–Crippen LogP) is 3.17. The van der Waals surface area contributed by atoms with Crippen LogP contribution in [0, 0.1) is 17.8 Å². The minimum Gasteiger partial charge on any atom is -0.474 e. The van der Waals surface area contributed by atoms with E-state index in [4.69, 9.17) is 9.47 Å². The molecule has 1 unspecified atom stereocenters. The first-order chi connectivity index (χ1) is 11.8. The van der Waals surface area contributed by atoms with Crippen LogP contribution in [0.25, 0.3) is 0 Å². The maximum Gasteiger partial charge on any atom is 0.316 e. The van der Waals surface area contributed by atoms with Crippen molar-refractivity contribution in [3.8, 4) is 11.8 Å². The Morgan fingerprint density at radius 1 is 1.20 bits per heavy atom. The molecule has 1 aliphatic rings. The van der Waals surface area contributed by atoms with Crippen molar-refractivity contribution in [2.24, 2.45) is 17.8 Å². The van der Waals surface area contributed by atoms with Gasteiger partial charge in [-0.15, -0.1) is 0 Å². The predicted molar refractivity (Wildman–Crippen MR) is 96.6 cm³/mol. The molecule has 2 rings (SSSR count). The second-order valence-electron chi connectivity index (χ2n) is 7.64. The number of amides is 1. The molecule has 2 heterocycles. The minimum atomic E-state index is -0.942. The molecule has 0 spiro atoms. The number of hydrogen-bond acceptors (Lipinski definition) is 5. The number of aromatic nitrogens is 2. The van der Waals surface area contributed by atoms with Gasteiger partial charge in [0.15, 0.2) is 11.4 Å². The third-order valence-electron chi connectivity index (χ3n) is 5.41. The van der Waals surface area contributed by atoms with E-state index in [1.807, 2.05) is 25.7 Å². The fourth-order valence-corrected chi connectivity index (χ4v) is 3.20. The summed E-state index contributed by atoms with van der Waals surface area (Å²) in [5.41, 5.74) is -0.942. The number of rotatable bonds is 6. The quantitative estimate of drug-likeness (QED) is 0.789. The smallest absolute Gasteiger partial charge is 0.316 e. The van der Waals surface area contributed by atoms with Gasteiger partial charge in [-0.05, 0) is 31.6 Å². The average Bonchev–Trinajstić information content (AvgIpc) is 2.61. The Balaban J connectivity index is 2.11. The Labute approximate surface area is 150 Å². The fourth-order valence-electron chi connectivity index (χ4n) is 3.20. The molecule has 6 nitrogen and oxygen atoms in total. The molecule has 6 heteroatoms. The number of carbonyl (C=O) groups excluding carboxylic acids is 1. The molecule has 25 heavy (non-hydrogen) atoms. The SMILES string of the molecule is COc1ncc(OC(C)(C(=O)N2CCC(C(C)C)CC2)C(C)C)cn1. The number of hydrogen-bond donors (Lipinski definition) is 0. The van der Waals surface area contributed by atoms with E-state index < -0.39 is 5.60 Å². The first kappa shape index (κ1) is 19.5. The average molecular weight is 349 g/mol. The summed E-state index contributed by atoms with van der Waals surface area (Å²) in [6.45, 7) is 12.0. The van der Waals surface area contributed by atoms with Crippen LogP contribution in [0.1, 0.15) is 47.5 Å². The second kappa shape index (κ2) is 8.02. The first-order valence-electron chi connectivity index (χ1n) is 9.12. The number of piperidine rings is 1. The van der Waals surface area contributed by atoms with Gasteiger partial charge in [0.25, 0.3) is 5.91 Å². The maximum absolute atomic E-state index is 13.2. The summed E-state index contributed by atoms with van der Waals surface area (Å²) in [5, 5.41) is 0. The molecule has 1 aromatic rings. The topological polar surface area (TPSA) is 64.6 Å². The number of ether oxygens (including phenoxy) is 2. The zero-order valence-electron chi connectivity index (χ0n) is 16.3. The van der Waals surface area contributed by atoms with Crippen molar-refractivity contribution in [1.82, 2.24) is 14.9 Å². The molecule has 0 radical (unpaired) electrons. The van der Waals surface area contributed by atoms with Crippen molar-refractivity contribution in [2.75, 3.05) is 20.2 Å². The Bertz CT molecular complexity index is 566. The van der Waals surface area contributed by atoms with E-state index in [0.29, 0.717) is 17.6 Å². The van der Waals surface area contributed by atoms with Crippen LogP contribution in [-0.4, -0.2) is 46.6 Å². The Hall–Kier alpha value is -1.85. The lowest BCUT2D eigenvalue weighted by Crippen LogP contribution is -2.56. The highest BCUT2D eigenvalue weighted by Crippen LogP contribution is 2.30. The van der Waals surface area contributed by atoms with Gasteiger partial charge in [-0.3, -0.25) is 4.79 Å². The zero-order chi connectivity index (χ0) is 18.6. The summed E-state index contributed by atoms with van der Waals surface area (Å²) in [6, 6.07) is 0.278. The highest BCUT2D eigenvalue weighted by atomic mass is 16.5. The van der Waals surface area contributed by atoms with Gasteiger partial charge < -0.3 is 14.4 Å². The lowest BCUT2D eigenvalue weighted by molar-refractivity contribution is -0.152. The summed E-state index contributed by atoms with van der Waals surface area (Å²) >= 11 is 0. The van der Waals surface area contributed by atoms with E-state index in [0.717, 1.165) is 25.9 Å². The summed E-state index contributed by atoms with van der Waals surface area (Å²) in [5.74, 6) is 1.90. The Kier molecular flexibility index (Phi) is 6.25. The van der Waals surface area contributed by atoms with Crippen LogP contribution in [0.4, 0.5) is 0 Å². The minimum absolute atomic E-state index is 0.0184. The summed E-state index contributed by atoms with van der Waals surface area (Å²) in [6.07, 6.45) is 5.21. The molecule has 0 bridgehead atoms. The van der Waals surface area contributed by atoms with E-state index >= 15 is 0 Å². The third kappa shape index (κ3) is 4.41. The molecule has 1 atom stereocenters.